The summed E-state index contributed by atoms with van der Waals surface area (Å²) in [6.07, 6.45) is 0. The highest BCUT2D eigenvalue weighted by Crippen LogP contribution is 2.20. The van der Waals surface area contributed by atoms with Crippen molar-refractivity contribution in [3.05, 3.63) is 97.2 Å². The van der Waals surface area contributed by atoms with Crippen molar-refractivity contribution >= 4 is 33.2 Å². The van der Waals surface area contributed by atoms with E-state index in [0.29, 0.717) is 20.9 Å². The molecule has 26 heavy (non-hydrogen) atoms. The van der Waals surface area contributed by atoms with Crippen molar-refractivity contribution in [1.29, 1.82) is 0 Å². The SMILES string of the molecule is O=c1c2sccc2n(Cc2ccccc2Cl)c(=O)n1-c1ccc(F)cc1. The van der Waals surface area contributed by atoms with Crippen molar-refractivity contribution in [2.24, 2.45) is 0 Å². The smallest absolute Gasteiger partial charge is 0.288 e. The van der Waals surface area contributed by atoms with Gasteiger partial charge < -0.3 is 0 Å². The molecule has 0 N–H and O–H groups in total. The van der Waals surface area contributed by atoms with Crippen molar-refractivity contribution in [2.75, 3.05) is 0 Å². The summed E-state index contributed by atoms with van der Waals surface area (Å²) in [5.74, 6) is -0.435. The predicted molar refractivity (Wildman–Crippen MR) is 102 cm³/mol. The first kappa shape index (κ1) is 16.8. The molecule has 2 aromatic heterocycles. The molecule has 4 rings (SSSR count). The van der Waals surface area contributed by atoms with Crippen LogP contribution in [-0.2, 0) is 6.54 Å². The molecule has 0 spiro atoms. The number of fused-ring (bicyclic) bond motifs is 1. The van der Waals surface area contributed by atoms with Gasteiger partial charge in [0, 0.05) is 5.02 Å². The van der Waals surface area contributed by atoms with Crippen LogP contribution in [0.15, 0.2) is 69.6 Å². The first-order valence-electron chi connectivity index (χ1n) is 7.78. The van der Waals surface area contributed by atoms with Crippen LogP contribution in [0.3, 0.4) is 0 Å². The normalized spacial score (nSPS) is 11.2. The minimum atomic E-state index is -0.493. The standard InChI is InChI=1S/C19H12ClFN2O2S/c20-15-4-2-1-3-12(15)11-22-16-9-10-26-17(16)18(24)23(19(22)25)14-7-5-13(21)6-8-14/h1-10H,11H2. The number of nitrogens with zero attached hydrogens (tertiary/aromatic N) is 2. The van der Waals surface area contributed by atoms with Gasteiger partial charge in [0.1, 0.15) is 10.5 Å². The molecule has 0 unspecified atom stereocenters. The quantitative estimate of drug-likeness (QED) is 0.533. The second-order valence-electron chi connectivity index (χ2n) is 5.71. The van der Waals surface area contributed by atoms with E-state index >= 15 is 0 Å². The van der Waals surface area contributed by atoms with Gasteiger partial charge in [0.15, 0.2) is 0 Å². The van der Waals surface area contributed by atoms with Gasteiger partial charge in [-0.05, 0) is 47.3 Å². The van der Waals surface area contributed by atoms with E-state index in [1.54, 1.807) is 17.5 Å². The fourth-order valence-electron chi connectivity index (χ4n) is 2.85. The molecule has 0 aliphatic carbocycles. The van der Waals surface area contributed by atoms with E-state index in [-0.39, 0.29) is 6.54 Å². The highest BCUT2D eigenvalue weighted by molar-refractivity contribution is 7.17. The molecule has 0 aliphatic heterocycles. The Balaban J connectivity index is 2.00. The highest BCUT2D eigenvalue weighted by Gasteiger charge is 2.16. The van der Waals surface area contributed by atoms with E-state index in [1.807, 2.05) is 18.2 Å². The lowest BCUT2D eigenvalue weighted by atomic mass is 10.2. The molecule has 0 bridgehead atoms. The lowest BCUT2D eigenvalue weighted by Crippen LogP contribution is -2.38. The molecule has 0 saturated carbocycles. The minimum Gasteiger partial charge on any atom is -0.288 e. The molecule has 4 aromatic rings. The van der Waals surface area contributed by atoms with Crippen molar-refractivity contribution in [2.45, 2.75) is 6.54 Å². The first-order chi connectivity index (χ1) is 12.6. The van der Waals surface area contributed by atoms with Crippen LogP contribution in [0.1, 0.15) is 5.56 Å². The zero-order valence-electron chi connectivity index (χ0n) is 13.4. The van der Waals surface area contributed by atoms with Gasteiger partial charge in [-0.2, -0.15) is 0 Å². The number of rotatable bonds is 3. The average Bonchev–Trinajstić information content (AvgIpc) is 3.12. The number of hydrogen-bond donors (Lipinski definition) is 0. The largest absolute Gasteiger partial charge is 0.336 e. The Bertz CT molecular complexity index is 1220. The molecule has 4 nitrogen and oxygen atoms in total. The Morgan fingerprint density at radius 1 is 1.00 bits per heavy atom. The number of aromatic nitrogens is 2. The zero-order chi connectivity index (χ0) is 18.3. The Morgan fingerprint density at radius 3 is 2.46 bits per heavy atom. The van der Waals surface area contributed by atoms with Crippen LogP contribution in [0.5, 0.6) is 0 Å². The van der Waals surface area contributed by atoms with Crippen LogP contribution < -0.4 is 11.2 Å². The second kappa shape index (κ2) is 6.55. The minimum absolute atomic E-state index is 0.229. The molecule has 0 saturated heterocycles. The predicted octanol–water partition coefficient (Wildman–Crippen LogP) is 4.05. The summed E-state index contributed by atoms with van der Waals surface area (Å²) in [6, 6.07) is 14.3. The average molecular weight is 387 g/mol. The summed E-state index contributed by atoms with van der Waals surface area (Å²) in [7, 11) is 0. The van der Waals surface area contributed by atoms with Gasteiger partial charge in [0.25, 0.3) is 5.56 Å². The van der Waals surface area contributed by atoms with Gasteiger partial charge >= 0.3 is 5.69 Å². The Kier molecular flexibility index (Phi) is 4.22. The maximum Gasteiger partial charge on any atom is 0.336 e. The molecule has 0 atom stereocenters. The fraction of sp³-hybridized carbons (Fsp3) is 0.0526. The molecule has 0 amide bonds. The van der Waals surface area contributed by atoms with Gasteiger partial charge in [-0.25, -0.2) is 13.8 Å². The van der Waals surface area contributed by atoms with Gasteiger partial charge in [-0.15, -0.1) is 11.3 Å². The molecule has 7 heteroatoms. The van der Waals surface area contributed by atoms with Crippen LogP contribution >= 0.6 is 22.9 Å². The third kappa shape index (κ3) is 2.77. The van der Waals surface area contributed by atoms with E-state index in [0.717, 1.165) is 10.1 Å². The van der Waals surface area contributed by atoms with E-state index in [2.05, 4.69) is 0 Å². The summed E-state index contributed by atoms with van der Waals surface area (Å²) in [6.45, 7) is 0.229. The van der Waals surface area contributed by atoms with Gasteiger partial charge in [0.05, 0.1) is 17.7 Å². The number of thiophene rings is 1. The molecule has 0 aliphatic rings. The lowest BCUT2D eigenvalue weighted by molar-refractivity contribution is 0.626. The van der Waals surface area contributed by atoms with Crippen molar-refractivity contribution in [1.82, 2.24) is 9.13 Å². The van der Waals surface area contributed by atoms with E-state index in [4.69, 9.17) is 11.6 Å². The molecular formula is C19H12ClFN2O2S. The van der Waals surface area contributed by atoms with Crippen LogP contribution in [0.2, 0.25) is 5.02 Å². The fourth-order valence-corrected chi connectivity index (χ4v) is 3.87. The molecule has 0 radical (unpaired) electrons. The Morgan fingerprint density at radius 2 is 1.73 bits per heavy atom. The summed E-state index contributed by atoms with van der Waals surface area (Å²) in [5, 5.41) is 2.31. The topological polar surface area (TPSA) is 44.0 Å². The molecule has 0 fully saturated rings. The van der Waals surface area contributed by atoms with Crippen LogP contribution in [0.4, 0.5) is 4.39 Å². The number of benzene rings is 2. The molecular weight excluding hydrogens is 375 g/mol. The van der Waals surface area contributed by atoms with Crippen LogP contribution in [0, 0.1) is 5.82 Å². The van der Waals surface area contributed by atoms with Crippen LogP contribution in [0.25, 0.3) is 15.9 Å². The van der Waals surface area contributed by atoms with E-state index < -0.39 is 17.1 Å². The summed E-state index contributed by atoms with van der Waals surface area (Å²) >= 11 is 7.50. The zero-order valence-corrected chi connectivity index (χ0v) is 14.9. The van der Waals surface area contributed by atoms with Crippen molar-refractivity contribution < 1.29 is 4.39 Å². The third-order valence-electron chi connectivity index (χ3n) is 4.13. The summed E-state index contributed by atoms with van der Waals surface area (Å²) < 4.78 is 16.3. The summed E-state index contributed by atoms with van der Waals surface area (Å²) in [4.78, 5) is 25.9. The van der Waals surface area contributed by atoms with Gasteiger partial charge in [-0.3, -0.25) is 9.36 Å². The van der Waals surface area contributed by atoms with Crippen LogP contribution in [-0.4, -0.2) is 9.13 Å². The monoisotopic (exact) mass is 386 g/mol. The van der Waals surface area contributed by atoms with Crippen molar-refractivity contribution in [3.8, 4) is 5.69 Å². The van der Waals surface area contributed by atoms with Gasteiger partial charge in [0.2, 0.25) is 0 Å². The second-order valence-corrected chi connectivity index (χ2v) is 7.04. The maximum atomic E-state index is 13.2. The van der Waals surface area contributed by atoms with Gasteiger partial charge in [-0.1, -0.05) is 29.8 Å². The molecule has 130 valence electrons. The van der Waals surface area contributed by atoms with E-state index in [9.17, 15) is 14.0 Å². The third-order valence-corrected chi connectivity index (χ3v) is 5.39. The number of hydrogen-bond acceptors (Lipinski definition) is 3. The maximum absolute atomic E-state index is 13.2. The lowest BCUT2D eigenvalue weighted by Gasteiger charge is -2.13. The first-order valence-corrected chi connectivity index (χ1v) is 9.04. The highest BCUT2D eigenvalue weighted by atomic mass is 35.5. The number of halogens is 2. The molecule has 2 aromatic carbocycles. The van der Waals surface area contributed by atoms with Crippen molar-refractivity contribution in [3.63, 3.8) is 0 Å². The molecule has 2 heterocycles. The Labute approximate surface area is 156 Å². The Hall–Kier alpha value is -2.70. The summed E-state index contributed by atoms with van der Waals surface area (Å²) in [5.41, 5.74) is 0.746. The van der Waals surface area contributed by atoms with E-state index in [1.165, 1.54) is 40.2 Å².